The quantitative estimate of drug-likeness (QED) is 0.427. The van der Waals surface area contributed by atoms with Crippen LogP contribution >= 0.6 is 34.8 Å². The molecule has 2 amide bonds. The summed E-state index contributed by atoms with van der Waals surface area (Å²) < 4.78 is 1.34. The molecule has 9 nitrogen and oxygen atoms in total. The Labute approximate surface area is 203 Å². The van der Waals surface area contributed by atoms with Gasteiger partial charge in [0.25, 0.3) is 0 Å². The first kappa shape index (κ1) is 24.5. The van der Waals surface area contributed by atoms with Crippen molar-refractivity contribution in [2.45, 2.75) is 12.5 Å². The Morgan fingerprint density at radius 3 is 2.45 bits per heavy atom. The Balaban J connectivity index is 1.84. The third-order valence-corrected chi connectivity index (χ3v) is 5.26. The molecule has 12 heteroatoms. The number of hydrogen-bond acceptors (Lipinski definition) is 5. The summed E-state index contributed by atoms with van der Waals surface area (Å²) in [6.45, 7) is -0.542. The SMILES string of the molecule is O=C(CN(C(=O)CCl)[C@@H](Cc1ccccc1)C(=O)O)Nc1cc(Cl)ccc1-n1cc(Cl)nn1. The largest absolute Gasteiger partial charge is 0.480 e. The molecule has 2 N–H and O–H groups in total. The van der Waals surface area contributed by atoms with Crippen LogP contribution < -0.4 is 5.32 Å². The van der Waals surface area contributed by atoms with E-state index in [-0.39, 0.29) is 17.3 Å². The molecule has 0 bridgehead atoms. The predicted octanol–water partition coefficient (Wildman–Crippen LogP) is 3.28. The average molecular weight is 511 g/mol. The zero-order valence-corrected chi connectivity index (χ0v) is 19.3. The van der Waals surface area contributed by atoms with E-state index in [1.807, 2.05) is 0 Å². The average Bonchev–Trinajstić information content (AvgIpc) is 3.22. The van der Waals surface area contributed by atoms with Gasteiger partial charge in [0.1, 0.15) is 18.5 Å². The summed E-state index contributed by atoms with van der Waals surface area (Å²) in [5.41, 5.74) is 1.38. The van der Waals surface area contributed by atoms with Gasteiger partial charge in [-0.3, -0.25) is 9.59 Å². The first-order valence-electron chi connectivity index (χ1n) is 9.58. The van der Waals surface area contributed by atoms with Crippen LogP contribution in [0.15, 0.2) is 54.7 Å². The molecule has 172 valence electrons. The first-order valence-corrected chi connectivity index (χ1v) is 10.9. The summed E-state index contributed by atoms with van der Waals surface area (Å²) in [6.07, 6.45) is 1.44. The Morgan fingerprint density at radius 2 is 1.85 bits per heavy atom. The lowest BCUT2D eigenvalue weighted by molar-refractivity contribution is -0.150. The molecule has 33 heavy (non-hydrogen) atoms. The van der Waals surface area contributed by atoms with Crippen molar-refractivity contribution < 1.29 is 19.5 Å². The number of benzene rings is 2. The summed E-state index contributed by atoms with van der Waals surface area (Å²) in [6, 6.07) is 12.2. The van der Waals surface area contributed by atoms with Crippen LogP contribution in [0.3, 0.4) is 0 Å². The second-order valence-electron chi connectivity index (χ2n) is 6.89. The fraction of sp³-hybridized carbons (Fsp3) is 0.190. The summed E-state index contributed by atoms with van der Waals surface area (Å²) >= 11 is 17.6. The fourth-order valence-electron chi connectivity index (χ4n) is 3.13. The van der Waals surface area contributed by atoms with E-state index in [1.54, 1.807) is 42.5 Å². The highest BCUT2D eigenvalue weighted by molar-refractivity contribution is 6.31. The monoisotopic (exact) mass is 509 g/mol. The predicted molar refractivity (Wildman–Crippen MR) is 124 cm³/mol. The number of aromatic nitrogens is 3. The van der Waals surface area contributed by atoms with Gasteiger partial charge >= 0.3 is 5.97 Å². The van der Waals surface area contributed by atoms with Crippen LogP contribution in [-0.4, -0.2) is 61.3 Å². The van der Waals surface area contributed by atoms with E-state index in [0.717, 1.165) is 4.90 Å². The van der Waals surface area contributed by atoms with Gasteiger partial charge in [-0.1, -0.05) is 58.7 Å². The Bertz CT molecular complexity index is 1160. The number of carbonyl (C=O) groups excluding carboxylic acids is 2. The maximum atomic E-state index is 12.9. The Kier molecular flexibility index (Phi) is 8.26. The molecule has 0 aliphatic heterocycles. The van der Waals surface area contributed by atoms with Crippen LogP contribution in [0.5, 0.6) is 0 Å². The zero-order chi connectivity index (χ0) is 24.0. The number of rotatable bonds is 9. The van der Waals surface area contributed by atoms with Gasteiger partial charge in [0.2, 0.25) is 11.8 Å². The molecule has 0 aliphatic rings. The number of carboxylic acid groups (broad SMARTS) is 1. The molecule has 0 unspecified atom stereocenters. The van der Waals surface area contributed by atoms with Crippen LogP contribution in [0.2, 0.25) is 10.2 Å². The number of amides is 2. The highest BCUT2D eigenvalue weighted by Crippen LogP contribution is 2.25. The number of halogens is 3. The minimum absolute atomic E-state index is 0.00591. The lowest BCUT2D eigenvalue weighted by Gasteiger charge is -2.28. The van der Waals surface area contributed by atoms with Crippen molar-refractivity contribution in [1.82, 2.24) is 19.9 Å². The van der Waals surface area contributed by atoms with Crippen molar-refractivity contribution in [3.63, 3.8) is 0 Å². The lowest BCUT2D eigenvalue weighted by atomic mass is 10.0. The maximum Gasteiger partial charge on any atom is 0.326 e. The zero-order valence-electron chi connectivity index (χ0n) is 17.0. The molecular formula is C21H18Cl3N5O4. The van der Waals surface area contributed by atoms with Crippen molar-refractivity contribution in [2.75, 3.05) is 17.7 Å². The van der Waals surface area contributed by atoms with E-state index in [0.29, 0.717) is 16.3 Å². The van der Waals surface area contributed by atoms with E-state index < -0.39 is 36.3 Å². The highest BCUT2D eigenvalue weighted by Gasteiger charge is 2.31. The van der Waals surface area contributed by atoms with Crippen LogP contribution in [-0.2, 0) is 20.8 Å². The van der Waals surface area contributed by atoms with Gasteiger partial charge in [-0.05, 0) is 23.8 Å². The van der Waals surface area contributed by atoms with Gasteiger partial charge in [0, 0.05) is 11.4 Å². The molecule has 0 saturated heterocycles. The Morgan fingerprint density at radius 1 is 1.12 bits per heavy atom. The summed E-state index contributed by atoms with van der Waals surface area (Å²) in [4.78, 5) is 38.3. The number of alkyl halides is 1. The molecule has 3 rings (SSSR count). The second kappa shape index (κ2) is 11.1. The molecule has 0 fully saturated rings. The van der Waals surface area contributed by atoms with Crippen LogP contribution in [0.4, 0.5) is 5.69 Å². The molecule has 2 aromatic carbocycles. The first-order chi connectivity index (χ1) is 15.8. The molecule has 0 aliphatic carbocycles. The van der Waals surface area contributed by atoms with E-state index in [1.165, 1.54) is 16.9 Å². The third kappa shape index (κ3) is 6.44. The van der Waals surface area contributed by atoms with Gasteiger partial charge in [-0.2, -0.15) is 0 Å². The highest BCUT2D eigenvalue weighted by atomic mass is 35.5. The minimum atomic E-state index is -1.29. The van der Waals surface area contributed by atoms with Crippen LogP contribution in [0, 0.1) is 0 Å². The van der Waals surface area contributed by atoms with Crippen molar-refractivity contribution in [1.29, 1.82) is 0 Å². The minimum Gasteiger partial charge on any atom is -0.480 e. The maximum absolute atomic E-state index is 12.9. The lowest BCUT2D eigenvalue weighted by Crippen LogP contribution is -2.50. The number of nitrogens with zero attached hydrogens (tertiary/aromatic N) is 4. The standard InChI is InChI=1S/C21H18Cl3N5O4/c22-10-20(31)28(17(21(32)33)8-13-4-2-1-3-5-13)12-19(30)25-15-9-14(23)6-7-16(15)29-11-18(24)26-27-29/h1-7,9,11,17H,8,10,12H2,(H,25,30)(H,32,33)/t17-/m0/s1. The number of aliphatic carboxylic acids is 1. The number of hydrogen-bond donors (Lipinski definition) is 2. The van der Waals surface area contributed by atoms with Crippen molar-refractivity contribution in [3.8, 4) is 5.69 Å². The van der Waals surface area contributed by atoms with Crippen LogP contribution in [0.25, 0.3) is 5.69 Å². The van der Waals surface area contributed by atoms with Gasteiger partial charge < -0.3 is 15.3 Å². The molecule has 1 atom stereocenters. The molecule has 0 spiro atoms. The third-order valence-electron chi connectivity index (χ3n) is 4.63. The molecule has 1 heterocycles. The number of carboxylic acids is 1. The number of carbonyl (C=O) groups is 3. The van der Waals surface area contributed by atoms with E-state index >= 15 is 0 Å². The van der Waals surface area contributed by atoms with E-state index in [9.17, 15) is 19.5 Å². The summed E-state index contributed by atoms with van der Waals surface area (Å²) in [5.74, 6) is -3.08. The molecule has 0 radical (unpaired) electrons. The normalized spacial score (nSPS) is 11.6. The van der Waals surface area contributed by atoms with Gasteiger partial charge in [-0.25, -0.2) is 9.48 Å². The van der Waals surface area contributed by atoms with E-state index in [4.69, 9.17) is 34.8 Å². The van der Waals surface area contributed by atoms with Gasteiger partial charge in [-0.15, -0.1) is 16.7 Å². The van der Waals surface area contributed by atoms with Gasteiger partial charge in [0.15, 0.2) is 5.15 Å². The number of nitrogens with one attached hydrogen (secondary N) is 1. The topological polar surface area (TPSA) is 117 Å². The van der Waals surface area contributed by atoms with Crippen molar-refractivity contribution >= 4 is 58.3 Å². The van der Waals surface area contributed by atoms with Crippen molar-refractivity contribution in [2.24, 2.45) is 0 Å². The fourth-order valence-corrected chi connectivity index (χ4v) is 3.58. The molecule has 3 aromatic rings. The van der Waals surface area contributed by atoms with Gasteiger partial charge in [0.05, 0.1) is 17.6 Å². The van der Waals surface area contributed by atoms with Crippen LogP contribution in [0.1, 0.15) is 5.56 Å². The summed E-state index contributed by atoms with van der Waals surface area (Å²) in [7, 11) is 0. The van der Waals surface area contributed by atoms with Crippen molar-refractivity contribution in [3.05, 3.63) is 70.5 Å². The van der Waals surface area contributed by atoms with E-state index in [2.05, 4.69) is 15.6 Å². The Hall–Kier alpha value is -3.14. The molecular weight excluding hydrogens is 493 g/mol. The summed E-state index contributed by atoms with van der Waals surface area (Å²) in [5, 5.41) is 20.5. The second-order valence-corrected chi connectivity index (χ2v) is 7.99. The molecule has 1 aromatic heterocycles. The smallest absolute Gasteiger partial charge is 0.326 e. The molecule has 0 saturated carbocycles. The number of anilines is 1.